The van der Waals surface area contributed by atoms with Gasteiger partial charge in [-0.15, -0.1) is 15.3 Å². The van der Waals surface area contributed by atoms with Crippen LogP contribution in [0.15, 0.2) is 23.7 Å². The molecule has 5 rings (SSSR count). The number of carbonyl (C=O) groups is 2. The molecule has 2 fully saturated rings. The van der Waals surface area contributed by atoms with E-state index >= 15 is 0 Å². The molecule has 11 nitrogen and oxygen atoms in total. The van der Waals surface area contributed by atoms with E-state index in [9.17, 15) is 9.59 Å². The van der Waals surface area contributed by atoms with Crippen molar-refractivity contribution in [1.29, 1.82) is 0 Å². The van der Waals surface area contributed by atoms with Gasteiger partial charge in [0.15, 0.2) is 12.4 Å². The van der Waals surface area contributed by atoms with Crippen molar-refractivity contribution in [3.05, 3.63) is 34.9 Å². The average molecular weight is 466 g/mol. The Morgan fingerprint density at radius 2 is 2.00 bits per heavy atom. The van der Waals surface area contributed by atoms with E-state index < -0.39 is 0 Å². The molecule has 11 heteroatoms. The quantitative estimate of drug-likeness (QED) is 0.367. The van der Waals surface area contributed by atoms with Crippen molar-refractivity contribution in [3.63, 3.8) is 0 Å². The van der Waals surface area contributed by atoms with Crippen LogP contribution in [0.4, 0.5) is 0 Å². The Morgan fingerprint density at radius 3 is 2.65 bits per heavy atom. The molecule has 2 aromatic rings. The minimum atomic E-state index is -0.310. The zero-order valence-corrected chi connectivity index (χ0v) is 19.8. The summed E-state index contributed by atoms with van der Waals surface area (Å²) < 4.78 is 8.77. The number of ether oxygens (including phenoxy) is 1. The Bertz CT molecular complexity index is 1180. The van der Waals surface area contributed by atoms with E-state index in [1.807, 2.05) is 13.0 Å². The number of esters is 1. The highest BCUT2D eigenvalue weighted by atomic mass is 16.5. The van der Waals surface area contributed by atoms with Crippen LogP contribution >= 0.6 is 0 Å². The fourth-order valence-corrected chi connectivity index (χ4v) is 5.31. The van der Waals surface area contributed by atoms with Crippen LogP contribution in [0.2, 0.25) is 0 Å². The van der Waals surface area contributed by atoms with Gasteiger partial charge in [-0.1, -0.05) is 0 Å². The Morgan fingerprint density at radius 1 is 1.21 bits per heavy atom. The maximum absolute atomic E-state index is 13.3. The van der Waals surface area contributed by atoms with Crippen LogP contribution < -0.4 is 0 Å². The van der Waals surface area contributed by atoms with E-state index in [2.05, 4.69) is 43.6 Å². The first kappa shape index (κ1) is 22.3. The summed E-state index contributed by atoms with van der Waals surface area (Å²) >= 11 is 0. The predicted molar refractivity (Wildman–Crippen MR) is 120 cm³/mol. The number of likely N-dealkylation sites (tertiary alicyclic amines) is 1. The number of cyclic esters (lactones) is 1. The van der Waals surface area contributed by atoms with Gasteiger partial charge >= 0.3 is 5.97 Å². The molecular formula is C23H29N8O3+. The van der Waals surface area contributed by atoms with Crippen molar-refractivity contribution in [3.8, 4) is 5.82 Å². The summed E-state index contributed by atoms with van der Waals surface area (Å²) in [6.45, 7) is 5.30. The third-order valence-electron chi connectivity index (χ3n) is 7.43. The van der Waals surface area contributed by atoms with E-state index in [1.165, 1.54) is 11.0 Å². The minimum Gasteiger partial charge on any atom is -0.456 e. The molecule has 0 unspecified atom stereocenters. The van der Waals surface area contributed by atoms with Crippen LogP contribution in [0.1, 0.15) is 50.3 Å². The zero-order chi connectivity index (χ0) is 23.9. The predicted octanol–water partition coefficient (Wildman–Crippen LogP) is 1.21. The second kappa shape index (κ2) is 8.69. The molecule has 0 bridgehead atoms. The number of tetrazole rings is 1. The number of aryl methyl sites for hydroxylation is 1. The fourth-order valence-electron chi connectivity index (χ4n) is 5.31. The molecule has 1 amide bonds. The van der Waals surface area contributed by atoms with Gasteiger partial charge in [0, 0.05) is 12.5 Å². The lowest BCUT2D eigenvalue weighted by Crippen LogP contribution is -2.38. The van der Waals surface area contributed by atoms with Gasteiger partial charge in [0.1, 0.15) is 31.9 Å². The minimum absolute atomic E-state index is 0.167. The van der Waals surface area contributed by atoms with Crippen molar-refractivity contribution >= 4 is 18.1 Å². The van der Waals surface area contributed by atoms with Crippen LogP contribution in [-0.4, -0.2) is 78.2 Å². The highest BCUT2D eigenvalue weighted by molar-refractivity contribution is 5.94. The van der Waals surface area contributed by atoms with Gasteiger partial charge in [-0.2, -0.15) is 4.68 Å². The van der Waals surface area contributed by atoms with Crippen molar-refractivity contribution in [2.45, 2.75) is 52.5 Å². The van der Waals surface area contributed by atoms with E-state index in [1.54, 1.807) is 11.8 Å². The van der Waals surface area contributed by atoms with Crippen LogP contribution in [-0.2, 0) is 20.9 Å². The van der Waals surface area contributed by atoms with E-state index in [4.69, 9.17) is 4.74 Å². The third-order valence-corrected chi connectivity index (χ3v) is 7.43. The second-order valence-corrected chi connectivity index (χ2v) is 9.62. The highest BCUT2D eigenvalue weighted by Gasteiger charge is 2.50. The van der Waals surface area contributed by atoms with Crippen LogP contribution in [0.5, 0.6) is 0 Å². The molecule has 34 heavy (non-hydrogen) atoms. The Hall–Kier alpha value is -3.50. The first-order chi connectivity index (χ1) is 16.4. The number of nitrogens with zero attached hydrogens (tertiary/aromatic N) is 8. The van der Waals surface area contributed by atoms with Gasteiger partial charge in [-0.05, 0) is 68.0 Å². The molecule has 1 aliphatic carbocycles. The third kappa shape index (κ3) is 3.99. The molecule has 3 aliphatic rings. The second-order valence-electron chi connectivity index (χ2n) is 9.62. The molecule has 178 valence electrons. The maximum Gasteiger partial charge on any atom is 0.336 e. The van der Waals surface area contributed by atoms with Gasteiger partial charge in [-0.25, -0.2) is 9.37 Å². The van der Waals surface area contributed by atoms with Gasteiger partial charge in [0.2, 0.25) is 5.91 Å². The molecule has 2 aromatic heterocycles. The summed E-state index contributed by atoms with van der Waals surface area (Å²) in [7, 11) is 2.05. The zero-order valence-electron chi connectivity index (χ0n) is 19.8. The fraction of sp³-hybridized carbons (Fsp3) is 0.565. The van der Waals surface area contributed by atoms with Crippen LogP contribution in [0, 0.1) is 18.3 Å². The standard InChI is InChI=1S/C23H29N8O3/c1-15-10-20(31-14-24-27-28-31)26-25-18(15)12-29(3)11-17-4-6-23(7-5-17)8-9-30(22(23)33)19-13-34-21(32)16(19)2/h10-11,14,17H,4-9,12-13H2,1-3H3/q+1. The average Bonchev–Trinajstić information content (AvgIpc) is 3.54. The van der Waals surface area contributed by atoms with Crippen LogP contribution in [0.3, 0.4) is 0 Å². The number of aromatic nitrogens is 6. The van der Waals surface area contributed by atoms with Crippen molar-refractivity contribution in [2.75, 3.05) is 20.2 Å². The van der Waals surface area contributed by atoms with Crippen molar-refractivity contribution < 1.29 is 18.9 Å². The molecule has 1 saturated carbocycles. The molecule has 1 saturated heterocycles. The van der Waals surface area contributed by atoms with Gasteiger partial charge in [0.25, 0.3) is 0 Å². The van der Waals surface area contributed by atoms with Crippen LogP contribution in [0.25, 0.3) is 5.82 Å². The lowest BCUT2D eigenvalue weighted by Gasteiger charge is -2.34. The van der Waals surface area contributed by atoms with Crippen molar-refractivity contribution in [1.82, 2.24) is 35.3 Å². The van der Waals surface area contributed by atoms with E-state index in [0.717, 1.165) is 49.1 Å². The molecule has 0 N–H and O–H groups in total. The highest BCUT2D eigenvalue weighted by Crippen LogP contribution is 2.47. The van der Waals surface area contributed by atoms with E-state index in [0.29, 0.717) is 30.4 Å². The molecule has 0 atom stereocenters. The molecule has 2 aliphatic heterocycles. The van der Waals surface area contributed by atoms with E-state index in [-0.39, 0.29) is 23.9 Å². The monoisotopic (exact) mass is 465 g/mol. The summed E-state index contributed by atoms with van der Waals surface area (Å²) in [6, 6.07) is 1.93. The van der Waals surface area contributed by atoms with Gasteiger partial charge < -0.3 is 9.64 Å². The first-order valence-electron chi connectivity index (χ1n) is 11.7. The molecular weight excluding hydrogens is 436 g/mol. The largest absolute Gasteiger partial charge is 0.456 e. The maximum atomic E-state index is 13.3. The smallest absolute Gasteiger partial charge is 0.336 e. The topological polar surface area (TPSA) is 119 Å². The number of rotatable bonds is 5. The number of carbonyl (C=O) groups excluding carboxylic acids is 2. The first-order valence-corrected chi connectivity index (χ1v) is 11.7. The lowest BCUT2D eigenvalue weighted by atomic mass is 9.69. The summed E-state index contributed by atoms with van der Waals surface area (Å²) in [5.41, 5.74) is 2.96. The Labute approximate surface area is 197 Å². The summed E-state index contributed by atoms with van der Waals surface area (Å²) in [5, 5.41) is 19.7. The van der Waals surface area contributed by atoms with Gasteiger partial charge in [0.05, 0.1) is 16.7 Å². The number of amides is 1. The lowest BCUT2D eigenvalue weighted by molar-refractivity contribution is -0.512. The molecule has 1 spiro atoms. The Kier molecular flexibility index (Phi) is 5.70. The normalized spacial score (nSPS) is 25.6. The SMILES string of the molecule is CC1=C(N2CCC3(CCC(C=[N+](C)Cc4nnc(-n5cnnn5)cc4C)CC3)C2=O)COC1=O. The Balaban J connectivity index is 1.20. The summed E-state index contributed by atoms with van der Waals surface area (Å²) in [6.07, 6.45) is 8.29. The molecule has 0 aromatic carbocycles. The summed E-state index contributed by atoms with van der Waals surface area (Å²) in [5.74, 6) is 0.865. The summed E-state index contributed by atoms with van der Waals surface area (Å²) in [4.78, 5) is 26.9. The molecule has 0 radical (unpaired) electrons. The van der Waals surface area contributed by atoms with Crippen molar-refractivity contribution in [2.24, 2.45) is 11.3 Å². The number of hydrogen-bond acceptors (Lipinski definition) is 8. The van der Waals surface area contributed by atoms with Gasteiger partial charge in [-0.3, -0.25) is 4.79 Å². The number of hydrogen-bond donors (Lipinski definition) is 0. The molecule has 4 heterocycles.